The predicted octanol–water partition coefficient (Wildman–Crippen LogP) is 5.04. The molecular weight excluding hydrogens is 324 g/mol. The summed E-state index contributed by atoms with van der Waals surface area (Å²) in [6.07, 6.45) is 0. The molecule has 0 radical (unpaired) electrons. The van der Waals surface area contributed by atoms with Crippen molar-refractivity contribution in [2.24, 2.45) is 0 Å². The van der Waals surface area contributed by atoms with Crippen molar-refractivity contribution < 1.29 is 9.53 Å². The van der Waals surface area contributed by atoms with Crippen LogP contribution in [0.1, 0.15) is 21.6 Å². The average Bonchev–Trinajstić information content (AvgIpc) is 2.57. The molecule has 0 aliphatic rings. The fourth-order valence-electron chi connectivity index (χ4n) is 2.53. The molecule has 1 aromatic heterocycles. The summed E-state index contributed by atoms with van der Waals surface area (Å²) >= 11 is 6.20. The zero-order chi connectivity index (χ0) is 17.3. The van der Waals surface area contributed by atoms with Gasteiger partial charge in [0.25, 0.3) is 0 Å². The van der Waals surface area contributed by atoms with Crippen molar-refractivity contribution in [3.05, 3.63) is 64.3 Å². The van der Waals surface area contributed by atoms with E-state index in [1.54, 1.807) is 12.1 Å². The zero-order valence-electron chi connectivity index (χ0n) is 13.7. The van der Waals surface area contributed by atoms with Crippen LogP contribution in [0.4, 0.5) is 11.4 Å². The van der Waals surface area contributed by atoms with Gasteiger partial charge in [0, 0.05) is 27.5 Å². The first-order valence-electron chi connectivity index (χ1n) is 7.51. The molecule has 2 aromatic carbocycles. The summed E-state index contributed by atoms with van der Waals surface area (Å²) in [5.41, 5.74) is 4.94. The van der Waals surface area contributed by atoms with Crippen LogP contribution in [-0.4, -0.2) is 18.1 Å². The number of halogens is 1. The van der Waals surface area contributed by atoms with Crippen LogP contribution in [0.3, 0.4) is 0 Å². The molecule has 0 amide bonds. The third kappa shape index (κ3) is 3.19. The number of hydrogen-bond acceptors (Lipinski definition) is 4. The van der Waals surface area contributed by atoms with E-state index in [1.807, 2.05) is 44.2 Å². The van der Waals surface area contributed by atoms with E-state index in [-0.39, 0.29) is 5.97 Å². The molecule has 122 valence electrons. The fraction of sp³-hybridized carbons (Fsp3) is 0.158. The second-order valence-corrected chi connectivity index (χ2v) is 6.03. The first-order valence-corrected chi connectivity index (χ1v) is 7.88. The number of ether oxygens (including phenoxy) is 1. The van der Waals surface area contributed by atoms with Gasteiger partial charge in [-0.2, -0.15) is 0 Å². The van der Waals surface area contributed by atoms with Crippen molar-refractivity contribution in [2.75, 3.05) is 12.4 Å². The molecule has 0 atom stereocenters. The van der Waals surface area contributed by atoms with E-state index >= 15 is 0 Å². The van der Waals surface area contributed by atoms with Crippen molar-refractivity contribution >= 4 is 39.8 Å². The number of hydrogen-bond donors (Lipinski definition) is 1. The first kappa shape index (κ1) is 16.3. The van der Waals surface area contributed by atoms with E-state index in [1.165, 1.54) is 7.11 Å². The first-order chi connectivity index (χ1) is 11.5. The van der Waals surface area contributed by atoms with Crippen molar-refractivity contribution in [2.45, 2.75) is 13.8 Å². The molecule has 0 saturated carbocycles. The zero-order valence-corrected chi connectivity index (χ0v) is 14.4. The standard InChI is InChI=1S/C19H17ClN2O2/c1-11-4-6-14(10-16(11)20)22-18-8-12(2)21-17-7-5-13(9-15(17)18)19(23)24-3/h4-10H,1-3H3,(H,21,22). The van der Waals surface area contributed by atoms with Gasteiger partial charge in [-0.3, -0.25) is 4.98 Å². The Labute approximate surface area is 145 Å². The Balaban J connectivity index is 2.10. The minimum atomic E-state index is -0.373. The van der Waals surface area contributed by atoms with Crippen LogP contribution in [0.25, 0.3) is 10.9 Å². The van der Waals surface area contributed by atoms with Gasteiger partial charge < -0.3 is 10.1 Å². The number of fused-ring (bicyclic) bond motifs is 1. The highest BCUT2D eigenvalue weighted by molar-refractivity contribution is 6.31. The van der Waals surface area contributed by atoms with E-state index < -0.39 is 0 Å². The molecule has 1 heterocycles. The number of aromatic nitrogens is 1. The van der Waals surface area contributed by atoms with Gasteiger partial charge in [-0.05, 0) is 55.8 Å². The Morgan fingerprint density at radius 2 is 1.92 bits per heavy atom. The number of rotatable bonds is 3. The third-order valence-electron chi connectivity index (χ3n) is 3.81. The van der Waals surface area contributed by atoms with E-state index in [0.29, 0.717) is 10.6 Å². The van der Waals surface area contributed by atoms with Crippen molar-refractivity contribution in [1.29, 1.82) is 0 Å². The monoisotopic (exact) mass is 340 g/mol. The lowest BCUT2D eigenvalue weighted by Gasteiger charge is -2.12. The second kappa shape index (κ2) is 6.49. The summed E-state index contributed by atoms with van der Waals surface area (Å²) in [6.45, 7) is 3.89. The molecule has 3 rings (SSSR count). The summed E-state index contributed by atoms with van der Waals surface area (Å²) in [7, 11) is 1.37. The average molecular weight is 341 g/mol. The van der Waals surface area contributed by atoms with E-state index in [0.717, 1.165) is 33.5 Å². The maximum absolute atomic E-state index is 11.8. The number of aryl methyl sites for hydroxylation is 2. The largest absolute Gasteiger partial charge is 0.465 e. The number of methoxy groups -OCH3 is 1. The number of nitrogens with one attached hydrogen (secondary N) is 1. The van der Waals surface area contributed by atoms with Crippen molar-refractivity contribution in [3.8, 4) is 0 Å². The third-order valence-corrected chi connectivity index (χ3v) is 4.22. The van der Waals surface area contributed by atoms with E-state index in [4.69, 9.17) is 16.3 Å². The van der Waals surface area contributed by atoms with Crippen molar-refractivity contribution in [3.63, 3.8) is 0 Å². The SMILES string of the molecule is COC(=O)c1ccc2nc(C)cc(Nc3ccc(C)c(Cl)c3)c2c1. The predicted molar refractivity (Wildman–Crippen MR) is 97.3 cm³/mol. The minimum Gasteiger partial charge on any atom is -0.465 e. The summed E-state index contributed by atoms with van der Waals surface area (Å²) in [4.78, 5) is 16.3. The van der Waals surface area contributed by atoms with Gasteiger partial charge in [0.05, 0.1) is 18.2 Å². The number of nitrogens with zero attached hydrogens (tertiary/aromatic N) is 1. The molecule has 3 aromatic rings. The lowest BCUT2D eigenvalue weighted by atomic mass is 10.1. The van der Waals surface area contributed by atoms with Crippen LogP contribution in [0, 0.1) is 13.8 Å². The van der Waals surface area contributed by atoms with Crippen LogP contribution >= 0.6 is 11.6 Å². The van der Waals surface area contributed by atoms with Gasteiger partial charge >= 0.3 is 5.97 Å². The second-order valence-electron chi connectivity index (χ2n) is 5.62. The van der Waals surface area contributed by atoms with Crippen molar-refractivity contribution in [1.82, 2.24) is 4.98 Å². The Hall–Kier alpha value is -2.59. The maximum atomic E-state index is 11.8. The minimum absolute atomic E-state index is 0.373. The lowest BCUT2D eigenvalue weighted by molar-refractivity contribution is 0.0601. The highest BCUT2D eigenvalue weighted by Gasteiger charge is 2.10. The highest BCUT2D eigenvalue weighted by atomic mass is 35.5. The number of pyridine rings is 1. The van der Waals surface area contributed by atoms with Gasteiger partial charge in [-0.1, -0.05) is 17.7 Å². The van der Waals surface area contributed by atoms with Gasteiger partial charge in [0.1, 0.15) is 0 Å². The van der Waals surface area contributed by atoms with Gasteiger partial charge in [-0.15, -0.1) is 0 Å². The lowest BCUT2D eigenvalue weighted by Crippen LogP contribution is -2.02. The topological polar surface area (TPSA) is 51.2 Å². The molecule has 0 aliphatic heterocycles. The maximum Gasteiger partial charge on any atom is 0.337 e. The van der Waals surface area contributed by atoms with Gasteiger partial charge in [-0.25, -0.2) is 4.79 Å². The molecule has 4 nitrogen and oxygen atoms in total. The molecule has 1 N–H and O–H groups in total. The van der Waals surface area contributed by atoms with Crippen LogP contribution in [0.5, 0.6) is 0 Å². The molecule has 0 unspecified atom stereocenters. The Morgan fingerprint density at radius 1 is 1.12 bits per heavy atom. The molecule has 0 fully saturated rings. The summed E-state index contributed by atoms with van der Waals surface area (Å²) in [5, 5.41) is 4.91. The molecule has 0 aliphatic carbocycles. The quantitative estimate of drug-likeness (QED) is 0.679. The number of carbonyl (C=O) groups excluding carboxylic acids is 1. The Kier molecular flexibility index (Phi) is 4.40. The fourth-order valence-corrected chi connectivity index (χ4v) is 2.71. The molecule has 0 spiro atoms. The van der Waals surface area contributed by atoms with Crippen LogP contribution in [-0.2, 0) is 4.74 Å². The Morgan fingerprint density at radius 3 is 2.62 bits per heavy atom. The molecule has 0 bridgehead atoms. The van der Waals surface area contributed by atoms with Crippen LogP contribution in [0.15, 0.2) is 42.5 Å². The normalized spacial score (nSPS) is 10.7. The summed E-state index contributed by atoms with van der Waals surface area (Å²) in [6, 6.07) is 13.1. The molecule has 0 saturated heterocycles. The number of benzene rings is 2. The van der Waals surface area contributed by atoms with E-state index in [9.17, 15) is 4.79 Å². The van der Waals surface area contributed by atoms with Gasteiger partial charge in [0.2, 0.25) is 0 Å². The summed E-state index contributed by atoms with van der Waals surface area (Å²) in [5.74, 6) is -0.373. The smallest absolute Gasteiger partial charge is 0.337 e. The summed E-state index contributed by atoms with van der Waals surface area (Å²) < 4.78 is 4.80. The van der Waals surface area contributed by atoms with E-state index in [2.05, 4.69) is 10.3 Å². The highest BCUT2D eigenvalue weighted by Crippen LogP contribution is 2.29. The van der Waals surface area contributed by atoms with Gasteiger partial charge in [0.15, 0.2) is 0 Å². The number of anilines is 2. The van der Waals surface area contributed by atoms with Crippen LogP contribution in [0.2, 0.25) is 5.02 Å². The van der Waals surface area contributed by atoms with Crippen LogP contribution < -0.4 is 5.32 Å². The molecule has 5 heteroatoms. The number of carbonyl (C=O) groups is 1. The number of esters is 1. The Bertz CT molecular complexity index is 938. The molecular formula is C19H17ClN2O2. The molecule has 24 heavy (non-hydrogen) atoms.